The van der Waals surface area contributed by atoms with Gasteiger partial charge in [0.2, 0.25) is 5.91 Å². The van der Waals surface area contributed by atoms with Gasteiger partial charge in [-0.3, -0.25) is 9.10 Å². The fourth-order valence-corrected chi connectivity index (χ4v) is 5.04. The molecule has 34 heavy (non-hydrogen) atoms. The number of sulfonamides is 1. The number of halogens is 1. The van der Waals surface area contributed by atoms with E-state index < -0.39 is 28.3 Å². The maximum atomic E-state index is 13.9. The monoisotopic (exact) mass is 484 g/mol. The molecule has 1 heterocycles. The Balaban J connectivity index is 1.50. The third-order valence-corrected chi connectivity index (χ3v) is 7.06. The van der Waals surface area contributed by atoms with Crippen LogP contribution < -0.4 is 19.1 Å². The zero-order chi connectivity index (χ0) is 24.0. The SMILES string of the molecule is O=C(CN(c1cccc(F)c1)S(=O)(=O)c1ccc2c(c1)OCCO2)NCCCc1ccccc1. The van der Waals surface area contributed by atoms with Crippen molar-refractivity contribution in [2.45, 2.75) is 17.7 Å². The van der Waals surface area contributed by atoms with Crippen LogP contribution in [0, 0.1) is 5.82 Å². The van der Waals surface area contributed by atoms with Gasteiger partial charge in [-0.25, -0.2) is 12.8 Å². The van der Waals surface area contributed by atoms with Gasteiger partial charge in [0.05, 0.1) is 10.6 Å². The molecule has 3 aromatic carbocycles. The summed E-state index contributed by atoms with van der Waals surface area (Å²) in [5.41, 5.74) is 1.20. The molecule has 0 radical (unpaired) electrons. The normalized spacial score (nSPS) is 12.7. The summed E-state index contributed by atoms with van der Waals surface area (Å²) in [7, 11) is -4.20. The van der Waals surface area contributed by atoms with Gasteiger partial charge < -0.3 is 14.8 Å². The number of benzene rings is 3. The molecule has 0 spiro atoms. The first-order valence-corrected chi connectivity index (χ1v) is 12.4. The highest BCUT2D eigenvalue weighted by atomic mass is 32.2. The van der Waals surface area contributed by atoms with Crippen molar-refractivity contribution in [3.63, 3.8) is 0 Å². The Bertz CT molecular complexity index is 1250. The predicted molar refractivity (Wildman–Crippen MR) is 126 cm³/mol. The number of nitrogens with one attached hydrogen (secondary N) is 1. The van der Waals surface area contributed by atoms with E-state index in [0.29, 0.717) is 37.7 Å². The second kappa shape index (κ2) is 10.6. The van der Waals surface area contributed by atoms with Crippen molar-refractivity contribution in [1.29, 1.82) is 0 Å². The molecular weight excluding hydrogens is 459 g/mol. The lowest BCUT2D eigenvalue weighted by Crippen LogP contribution is -2.41. The second-order valence-corrected chi connectivity index (χ2v) is 9.60. The summed E-state index contributed by atoms with van der Waals surface area (Å²) in [6, 6.07) is 19.2. The van der Waals surface area contributed by atoms with E-state index in [1.165, 1.54) is 36.4 Å². The van der Waals surface area contributed by atoms with Gasteiger partial charge in [-0.1, -0.05) is 36.4 Å². The number of ether oxygens (including phenoxy) is 2. The molecule has 0 atom stereocenters. The molecule has 0 unspecified atom stereocenters. The number of nitrogens with zero attached hydrogens (tertiary/aromatic N) is 1. The van der Waals surface area contributed by atoms with Gasteiger partial charge in [-0.15, -0.1) is 0 Å². The lowest BCUT2D eigenvalue weighted by Gasteiger charge is -2.25. The van der Waals surface area contributed by atoms with E-state index >= 15 is 0 Å². The van der Waals surface area contributed by atoms with Crippen molar-refractivity contribution in [3.8, 4) is 11.5 Å². The number of carbonyl (C=O) groups is 1. The molecule has 4 rings (SSSR count). The van der Waals surface area contributed by atoms with Crippen LogP contribution in [0.4, 0.5) is 10.1 Å². The highest BCUT2D eigenvalue weighted by Crippen LogP contribution is 2.34. The van der Waals surface area contributed by atoms with Crippen LogP contribution in [0.5, 0.6) is 11.5 Å². The van der Waals surface area contributed by atoms with Gasteiger partial charge in [0.1, 0.15) is 25.6 Å². The van der Waals surface area contributed by atoms with Crippen molar-refractivity contribution >= 4 is 21.6 Å². The van der Waals surface area contributed by atoms with E-state index in [0.717, 1.165) is 22.4 Å². The molecule has 9 heteroatoms. The minimum atomic E-state index is -4.20. The molecule has 7 nitrogen and oxygen atoms in total. The van der Waals surface area contributed by atoms with Crippen LogP contribution in [0.1, 0.15) is 12.0 Å². The number of hydrogen-bond acceptors (Lipinski definition) is 5. The summed E-state index contributed by atoms with van der Waals surface area (Å²) in [4.78, 5) is 12.6. The van der Waals surface area contributed by atoms with Gasteiger partial charge in [0.25, 0.3) is 10.0 Å². The molecule has 1 aliphatic rings. The fraction of sp³-hybridized carbons (Fsp3) is 0.240. The summed E-state index contributed by atoms with van der Waals surface area (Å²) >= 11 is 0. The van der Waals surface area contributed by atoms with Crippen molar-refractivity contribution in [2.75, 3.05) is 30.6 Å². The number of hydrogen-bond donors (Lipinski definition) is 1. The van der Waals surface area contributed by atoms with Gasteiger partial charge in [0.15, 0.2) is 11.5 Å². The molecule has 0 aliphatic carbocycles. The number of rotatable bonds is 9. The summed E-state index contributed by atoms with van der Waals surface area (Å²) in [6.45, 7) is 0.564. The lowest BCUT2D eigenvalue weighted by molar-refractivity contribution is -0.119. The highest BCUT2D eigenvalue weighted by Gasteiger charge is 2.29. The highest BCUT2D eigenvalue weighted by molar-refractivity contribution is 7.92. The van der Waals surface area contributed by atoms with Crippen LogP contribution in [0.15, 0.2) is 77.7 Å². The number of carbonyl (C=O) groups excluding carboxylic acids is 1. The summed E-state index contributed by atoms with van der Waals surface area (Å²) in [5, 5.41) is 2.76. The third kappa shape index (κ3) is 5.66. The molecular formula is C25H25FN2O5S. The Labute approximate surface area is 198 Å². The molecule has 1 N–H and O–H groups in total. The quantitative estimate of drug-likeness (QED) is 0.470. The molecule has 178 valence electrons. The maximum Gasteiger partial charge on any atom is 0.264 e. The van der Waals surface area contributed by atoms with E-state index in [2.05, 4.69) is 5.32 Å². The van der Waals surface area contributed by atoms with Crippen LogP contribution in [0.25, 0.3) is 0 Å². The van der Waals surface area contributed by atoms with Crippen molar-refractivity contribution < 1.29 is 27.1 Å². The van der Waals surface area contributed by atoms with Gasteiger partial charge >= 0.3 is 0 Å². The zero-order valence-corrected chi connectivity index (χ0v) is 19.3. The number of fused-ring (bicyclic) bond motifs is 1. The number of amides is 1. The lowest BCUT2D eigenvalue weighted by atomic mass is 10.1. The molecule has 0 bridgehead atoms. The van der Waals surface area contributed by atoms with Gasteiger partial charge in [0, 0.05) is 12.6 Å². The van der Waals surface area contributed by atoms with Crippen LogP contribution >= 0.6 is 0 Å². The minimum absolute atomic E-state index is 0.0503. The molecule has 0 aromatic heterocycles. The fourth-order valence-electron chi connectivity index (χ4n) is 3.61. The Hall–Kier alpha value is -3.59. The number of anilines is 1. The van der Waals surface area contributed by atoms with E-state index in [-0.39, 0.29) is 10.6 Å². The van der Waals surface area contributed by atoms with Gasteiger partial charge in [-0.2, -0.15) is 0 Å². The molecule has 0 saturated heterocycles. The first kappa shape index (κ1) is 23.6. The maximum absolute atomic E-state index is 13.9. The first-order chi connectivity index (χ1) is 16.4. The zero-order valence-electron chi connectivity index (χ0n) is 18.4. The molecule has 0 fully saturated rings. The van der Waals surface area contributed by atoms with Crippen molar-refractivity contribution in [2.24, 2.45) is 0 Å². The smallest absolute Gasteiger partial charge is 0.264 e. The third-order valence-electron chi connectivity index (χ3n) is 5.29. The molecule has 0 saturated carbocycles. The van der Waals surface area contributed by atoms with Crippen LogP contribution in [0.2, 0.25) is 0 Å². The average molecular weight is 485 g/mol. The van der Waals surface area contributed by atoms with Crippen LogP contribution in [-0.4, -0.2) is 40.6 Å². The minimum Gasteiger partial charge on any atom is -0.486 e. The van der Waals surface area contributed by atoms with E-state index in [1.807, 2.05) is 30.3 Å². The van der Waals surface area contributed by atoms with E-state index in [4.69, 9.17) is 9.47 Å². The van der Waals surface area contributed by atoms with Crippen molar-refractivity contribution in [3.05, 3.63) is 84.2 Å². The topological polar surface area (TPSA) is 84.9 Å². The standard InChI is InChI=1S/C25H25FN2O5S/c26-20-9-4-10-21(16-20)28(18-25(29)27-13-5-8-19-6-2-1-3-7-19)34(30,31)22-11-12-23-24(17-22)33-15-14-32-23/h1-4,6-7,9-12,16-17H,5,8,13-15,18H2,(H,27,29). The Morgan fingerprint density at radius 3 is 2.47 bits per heavy atom. The summed E-state index contributed by atoms with van der Waals surface area (Å²) in [6.07, 6.45) is 1.48. The van der Waals surface area contributed by atoms with Crippen LogP contribution in [0.3, 0.4) is 0 Å². The molecule has 1 amide bonds. The van der Waals surface area contributed by atoms with Gasteiger partial charge in [-0.05, 0) is 48.7 Å². The first-order valence-electron chi connectivity index (χ1n) is 10.9. The van der Waals surface area contributed by atoms with E-state index in [1.54, 1.807) is 0 Å². The summed E-state index contributed by atoms with van der Waals surface area (Å²) < 4.78 is 52.8. The Kier molecular flexibility index (Phi) is 7.32. The Morgan fingerprint density at radius 2 is 1.71 bits per heavy atom. The largest absolute Gasteiger partial charge is 0.486 e. The number of aryl methyl sites for hydroxylation is 1. The Morgan fingerprint density at radius 1 is 0.941 bits per heavy atom. The van der Waals surface area contributed by atoms with Crippen molar-refractivity contribution in [1.82, 2.24) is 5.32 Å². The molecule has 1 aliphatic heterocycles. The average Bonchev–Trinajstić information content (AvgIpc) is 2.85. The molecule has 3 aromatic rings. The summed E-state index contributed by atoms with van der Waals surface area (Å²) in [5.74, 6) is -0.350. The second-order valence-electron chi connectivity index (χ2n) is 7.74. The van der Waals surface area contributed by atoms with Crippen LogP contribution in [-0.2, 0) is 21.2 Å². The van der Waals surface area contributed by atoms with E-state index in [9.17, 15) is 17.6 Å². The predicted octanol–water partition coefficient (Wildman–Crippen LogP) is 3.54.